The Bertz CT molecular complexity index is 1630. The molecule has 3 aromatic heterocycles. The number of nitrogens with one attached hydrogen (secondary N) is 1. The average molecular weight is 502 g/mol. The Morgan fingerprint density at radius 3 is 2.30 bits per heavy atom. The summed E-state index contributed by atoms with van der Waals surface area (Å²) in [5.74, 6) is 0.866. The molecule has 180 valence electrons. The first-order valence-corrected chi connectivity index (χ1v) is 12.7. The van der Waals surface area contributed by atoms with Gasteiger partial charge >= 0.3 is 0 Å². The second kappa shape index (κ2) is 10.0. The molecule has 6 aromatic rings. The fourth-order valence-electron chi connectivity index (χ4n) is 4.13. The van der Waals surface area contributed by atoms with Gasteiger partial charge in [0.15, 0.2) is 5.82 Å². The molecule has 0 aliphatic carbocycles. The number of benzene rings is 3. The molecule has 0 spiro atoms. The molecule has 0 aliphatic rings. The first-order valence-electron chi connectivity index (χ1n) is 11.8. The van der Waals surface area contributed by atoms with Crippen LogP contribution in [0.4, 0.5) is 5.13 Å². The Morgan fingerprint density at radius 1 is 0.865 bits per heavy atom. The van der Waals surface area contributed by atoms with Crippen molar-refractivity contribution in [1.29, 1.82) is 0 Å². The topological polar surface area (TPSA) is 72.9 Å². The van der Waals surface area contributed by atoms with Crippen molar-refractivity contribution in [3.8, 4) is 33.9 Å². The summed E-state index contributed by atoms with van der Waals surface area (Å²) in [4.78, 5) is 8.94. The van der Waals surface area contributed by atoms with E-state index in [2.05, 4.69) is 64.0 Å². The zero-order valence-corrected chi connectivity index (χ0v) is 20.9. The molecule has 0 aliphatic heterocycles. The van der Waals surface area contributed by atoms with Gasteiger partial charge in [0.2, 0.25) is 5.13 Å². The summed E-state index contributed by atoms with van der Waals surface area (Å²) >= 11 is 1.52. The molecule has 7 nitrogen and oxygen atoms in total. The Kier molecular flexibility index (Phi) is 6.14. The van der Waals surface area contributed by atoms with Crippen LogP contribution in [-0.4, -0.2) is 30.5 Å². The molecule has 0 unspecified atom stereocenters. The van der Waals surface area contributed by atoms with Gasteiger partial charge in [0.1, 0.15) is 6.33 Å². The van der Waals surface area contributed by atoms with Gasteiger partial charge in [0.05, 0.1) is 28.9 Å². The van der Waals surface area contributed by atoms with E-state index in [1.807, 2.05) is 64.1 Å². The number of imidazole rings is 1. The van der Waals surface area contributed by atoms with Crippen molar-refractivity contribution in [2.24, 2.45) is 5.10 Å². The average Bonchev–Trinajstić information content (AvgIpc) is 3.71. The molecule has 0 radical (unpaired) electrons. The summed E-state index contributed by atoms with van der Waals surface area (Å²) in [6.07, 6.45) is 7.20. The van der Waals surface area contributed by atoms with Crippen LogP contribution >= 0.6 is 11.3 Å². The maximum absolute atomic E-state index is 4.77. The lowest BCUT2D eigenvalue weighted by Crippen LogP contribution is -2.06. The third-order valence-corrected chi connectivity index (χ3v) is 6.72. The number of anilines is 1. The van der Waals surface area contributed by atoms with Gasteiger partial charge in [-0.15, -0.1) is 11.3 Å². The summed E-state index contributed by atoms with van der Waals surface area (Å²) in [7, 11) is 0. The molecular weight excluding hydrogens is 478 g/mol. The Balaban J connectivity index is 1.23. The Hall–Kier alpha value is -4.82. The van der Waals surface area contributed by atoms with Crippen LogP contribution in [0.5, 0.6) is 0 Å². The van der Waals surface area contributed by atoms with Gasteiger partial charge in [-0.3, -0.25) is 9.99 Å². The van der Waals surface area contributed by atoms with E-state index in [1.165, 1.54) is 22.5 Å². The summed E-state index contributed by atoms with van der Waals surface area (Å²) in [5.41, 5.74) is 10.2. The van der Waals surface area contributed by atoms with Crippen molar-refractivity contribution in [2.75, 3.05) is 5.43 Å². The zero-order chi connectivity index (χ0) is 25.0. The van der Waals surface area contributed by atoms with E-state index in [0.29, 0.717) is 0 Å². The van der Waals surface area contributed by atoms with Crippen LogP contribution in [0.25, 0.3) is 33.9 Å². The SMILES string of the molecule is Cc1nn(-c2ccccc2)c(-n2ccnc2)c1/C=N/Nc1nc(-c2ccc(-c3ccccc3)cc2)cs1. The van der Waals surface area contributed by atoms with Crippen molar-refractivity contribution in [3.63, 3.8) is 0 Å². The third-order valence-electron chi connectivity index (χ3n) is 5.98. The number of hydrazone groups is 1. The molecule has 0 atom stereocenters. The molecule has 3 heterocycles. The first-order chi connectivity index (χ1) is 18.3. The monoisotopic (exact) mass is 501 g/mol. The Morgan fingerprint density at radius 2 is 1.57 bits per heavy atom. The van der Waals surface area contributed by atoms with E-state index < -0.39 is 0 Å². The van der Waals surface area contributed by atoms with Crippen LogP contribution in [0.3, 0.4) is 0 Å². The number of thiazole rings is 1. The van der Waals surface area contributed by atoms with Crippen molar-refractivity contribution >= 4 is 22.7 Å². The molecule has 0 bridgehead atoms. The third kappa shape index (κ3) is 4.70. The highest BCUT2D eigenvalue weighted by atomic mass is 32.1. The minimum absolute atomic E-state index is 0.718. The lowest BCUT2D eigenvalue weighted by atomic mass is 10.0. The van der Waals surface area contributed by atoms with Crippen molar-refractivity contribution in [2.45, 2.75) is 6.92 Å². The van der Waals surface area contributed by atoms with Gasteiger partial charge in [-0.2, -0.15) is 10.2 Å². The normalized spacial score (nSPS) is 11.3. The van der Waals surface area contributed by atoms with E-state index in [-0.39, 0.29) is 0 Å². The predicted molar refractivity (Wildman–Crippen MR) is 150 cm³/mol. The minimum Gasteiger partial charge on any atom is -0.290 e. The first kappa shape index (κ1) is 22.6. The molecule has 8 heteroatoms. The number of nitrogens with zero attached hydrogens (tertiary/aromatic N) is 6. The van der Waals surface area contributed by atoms with Crippen molar-refractivity contribution < 1.29 is 0 Å². The van der Waals surface area contributed by atoms with E-state index in [1.54, 1.807) is 18.7 Å². The molecule has 1 N–H and O–H groups in total. The van der Waals surface area contributed by atoms with Crippen LogP contribution in [-0.2, 0) is 0 Å². The quantitative estimate of drug-likeness (QED) is 0.198. The van der Waals surface area contributed by atoms with Gasteiger partial charge in [-0.25, -0.2) is 14.6 Å². The largest absolute Gasteiger partial charge is 0.290 e. The van der Waals surface area contributed by atoms with Crippen LogP contribution in [0.2, 0.25) is 0 Å². The molecule has 0 amide bonds. The molecule has 0 saturated heterocycles. The summed E-state index contributed by atoms with van der Waals surface area (Å²) in [5, 5.41) is 12.0. The van der Waals surface area contributed by atoms with Crippen LogP contribution in [0.1, 0.15) is 11.3 Å². The van der Waals surface area contributed by atoms with E-state index in [9.17, 15) is 0 Å². The maximum Gasteiger partial charge on any atom is 0.203 e. The van der Waals surface area contributed by atoms with E-state index in [0.717, 1.165) is 39.2 Å². The summed E-state index contributed by atoms with van der Waals surface area (Å²) < 4.78 is 3.84. The van der Waals surface area contributed by atoms with E-state index >= 15 is 0 Å². The standard InChI is InChI=1S/C29H23N7S/c1-21-26(28(35-17-16-30-20-35)36(34-21)25-10-6-3-7-11-25)18-31-33-29-32-27(19-37-29)24-14-12-23(13-15-24)22-8-4-2-5-9-22/h2-20H,1H3,(H,32,33)/b31-18+. The van der Waals surface area contributed by atoms with Crippen molar-refractivity contribution in [1.82, 2.24) is 24.3 Å². The van der Waals surface area contributed by atoms with Gasteiger partial charge in [0, 0.05) is 23.3 Å². The second-order valence-electron chi connectivity index (χ2n) is 8.39. The number of rotatable bonds is 7. The molecular formula is C29H23N7S. The highest BCUT2D eigenvalue weighted by molar-refractivity contribution is 7.14. The molecule has 6 rings (SSSR count). The zero-order valence-electron chi connectivity index (χ0n) is 20.1. The molecule has 3 aromatic carbocycles. The number of para-hydroxylation sites is 1. The highest BCUT2D eigenvalue weighted by Crippen LogP contribution is 2.28. The fraction of sp³-hybridized carbons (Fsp3) is 0.0345. The minimum atomic E-state index is 0.718. The number of hydrogen-bond donors (Lipinski definition) is 1. The highest BCUT2D eigenvalue weighted by Gasteiger charge is 2.17. The van der Waals surface area contributed by atoms with Gasteiger partial charge in [0.25, 0.3) is 0 Å². The molecule has 37 heavy (non-hydrogen) atoms. The molecule has 0 saturated carbocycles. The van der Waals surface area contributed by atoms with Crippen LogP contribution in [0, 0.1) is 6.92 Å². The molecule has 0 fully saturated rings. The fourth-order valence-corrected chi connectivity index (χ4v) is 4.80. The second-order valence-corrected chi connectivity index (χ2v) is 9.25. The number of aryl methyl sites for hydroxylation is 1. The van der Waals surface area contributed by atoms with Gasteiger partial charge < -0.3 is 0 Å². The van der Waals surface area contributed by atoms with Crippen LogP contribution in [0.15, 0.2) is 114 Å². The number of hydrogen-bond acceptors (Lipinski definition) is 6. The van der Waals surface area contributed by atoms with Crippen molar-refractivity contribution in [3.05, 3.63) is 120 Å². The smallest absolute Gasteiger partial charge is 0.203 e. The maximum atomic E-state index is 4.77. The Labute approximate surface area is 218 Å². The summed E-state index contributed by atoms with van der Waals surface area (Å²) in [6.45, 7) is 1.97. The van der Waals surface area contributed by atoms with Gasteiger partial charge in [-0.05, 0) is 30.2 Å². The van der Waals surface area contributed by atoms with Gasteiger partial charge in [-0.1, -0.05) is 72.8 Å². The lowest BCUT2D eigenvalue weighted by Gasteiger charge is -2.08. The van der Waals surface area contributed by atoms with Crippen LogP contribution < -0.4 is 5.43 Å². The predicted octanol–water partition coefficient (Wildman–Crippen LogP) is 6.60. The number of aromatic nitrogens is 5. The summed E-state index contributed by atoms with van der Waals surface area (Å²) in [6, 6.07) is 28.8. The van der Waals surface area contributed by atoms with E-state index in [4.69, 9.17) is 10.1 Å². The lowest BCUT2D eigenvalue weighted by molar-refractivity contribution is 0.811.